The Balaban J connectivity index is 0.00000338. The predicted octanol–water partition coefficient (Wildman–Crippen LogP) is 3.30. The van der Waals surface area contributed by atoms with E-state index in [1.807, 2.05) is 0 Å². The fourth-order valence-corrected chi connectivity index (χ4v) is 8.21. The molecule has 0 aromatic heterocycles. The van der Waals surface area contributed by atoms with Crippen molar-refractivity contribution in [3.05, 3.63) is 60.7 Å². The highest BCUT2D eigenvalue weighted by atomic mass is 79.9. The van der Waals surface area contributed by atoms with E-state index in [1.54, 1.807) is 0 Å². The minimum Gasteiger partial charge on any atom is -1.00 e. The lowest BCUT2D eigenvalue weighted by Gasteiger charge is -2.43. The van der Waals surface area contributed by atoms with Crippen LogP contribution in [0.3, 0.4) is 0 Å². The standard InChI is InChI=1S/C20H30ClN3P.BrH/c1-5-22(6-2)25(21,23(7-3)19-15-11-9-12-16-19)24(8-4)20-17-13-10-14-18-20;/h9-18H,5-8H2,1-4H3;1H/q+1;/p-1. The van der Waals surface area contributed by atoms with Crippen LogP contribution in [0, 0.1) is 0 Å². The van der Waals surface area contributed by atoms with Gasteiger partial charge in [-0.2, -0.15) is 9.34 Å². The summed E-state index contributed by atoms with van der Waals surface area (Å²) in [5.41, 5.74) is 2.35. The molecule has 0 spiro atoms. The molecular formula is C20H30BrClN3P. The van der Waals surface area contributed by atoms with Crippen molar-refractivity contribution in [1.29, 1.82) is 0 Å². The van der Waals surface area contributed by atoms with E-state index in [2.05, 4.69) is 102 Å². The zero-order chi connectivity index (χ0) is 18.3. The zero-order valence-electron chi connectivity index (χ0n) is 16.1. The molecule has 0 aliphatic heterocycles. The van der Waals surface area contributed by atoms with Gasteiger partial charge >= 0.3 is 7.07 Å². The van der Waals surface area contributed by atoms with Crippen molar-refractivity contribution in [2.45, 2.75) is 27.7 Å². The van der Waals surface area contributed by atoms with Gasteiger partial charge in [0.15, 0.2) is 11.2 Å². The van der Waals surface area contributed by atoms with Gasteiger partial charge in [0.05, 0.1) is 24.5 Å². The maximum absolute atomic E-state index is 7.60. The molecule has 0 N–H and O–H groups in total. The molecular weight excluding hydrogens is 429 g/mol. The van der Waals surface area contributed by atoms with Crippen LogP contribution in [0.2, 0.25) is 0 Å². The lowest BCUT2D eigenvalue weighted by Crippen LogP contribution is -3.00. The molecule has 2 aromatic carbocycles. The van der Waals surface area contributed by atoms with Gasteiger partial charge in [0.2, 0.25) is 0 Å². The summed E-state index contributed by atoms with van der Waals surface area (Å²) < 4.78 is 7.19. The number of benzene rings is 2. The predicted molar refractivity (Wildman–Crippen MR) is 115 cm³/mol. The number of para-hydroxylation sites is 2. The maximum Gasteiger partial charge on any atom is 0.378 e. The van der Waals surface area contributed by atoms with Gasteiger partial charge in [0.1, 0.15) is 0 Å². The summed E-state index contributed by atoms with van der Waals surface area (Å²) in [5, 5.41) is 0. The average Bonchev–Trinajstić information content (AvgIpc) is 2.65. The summed E-state index contributed by atoms with van der Waals surface area (Å²) in [6, 6.07) is 21.1. The first-order chi connectivity index (χ1) is 12.1. The minimum absolute atomic E-state index is 0. The lowest BCUT2D eigenvalue weighted by atomic mass is 10.3. The summed E-state index contributed by atoms with van der Waals surface area (Å²) in [7, 11) is -2.27. The largest absolute Gasteiger partial charge is 1.00 e. The van der Waals surface area contributed by atoms with Crippen molar-refractivity contribution in [3.63, 3.8) is 0 Å². The second-order valence-electron chi connectivity index (χ2n) is 5.74. The third kappa shape index (κ3) is 4.72. The first kappa shape index (κ1) is 23.2. The molecule has 0 atom stereocenters. The Morgan fingerprint density at radius 1 is 0.654 bits per heavy atom. The molecule has 6 heteroatoms. The molecule has 26 heavy (non-hydrogen) atoms. The van der Waals surface area contributed by atoms with Gasteiger partial charge < -0.3 is 17.0 Å². The van der Waals surface area contributed by atoms with Crippen LogP contribution in [0.15, 0.2) is 60.7 Å². The Hall–Kier alpha value is -0.800. The van der Waals surface area contributed by atoms with E-state index in [9.17, 15) is 0 Å². The molecule has 2 aromatic rings. The number of hydrogen-bond acceptors (Lipinski definition) is 3. The smallest absolute Gasteiger partial charge is 0.378 e. The third-order valence-electron chi connectivity index (χ3n) is 4.41. The Morgan fingerprint density at radius 2 is 1.00 bits per heavy atom. The highest BCUT2D eigenvalue weighted by Crippen LogP contribution is 2.73. The van der Waals surface area contributed by atoms with Gasteiger partial charge in [0.25, 0.3) is 0 Å². The molecule has 0 aliphatic carbocycles. The van der Waals surface area contributed by atoms with Crippen LogP contribution in [0.5, 0.6) is 0 Å². The molecule has 0 unspecified atom stereocenters. The van der Waals surface area contributed by atoms with Gasteiger partial charge in [-0.25, -0.2) is 0 Å². The van der Waals surface area contributed by atoms with Gasteiger partial charge in [0, 0.05) is 13.1 Å². The van der Waals surface area contributed by atoms with Crippen LogP contribution in [0.1, 0.15) is 27.7 Å². The van der Waals surface area contributed by atoms with Crippen molar-refractivity contribution in [2.24, 2.45) is 0 Å². The number of rotatable bonds is 9. The van der Waals surface area contributed by atoms with Crippen molar-refractivity contribution < 1.29 is 17.0 Å². The van der Waals surface area contributed by atoms with Crippen LogP contribution >= 0.6 is 18.3 Å². The fourth-order valence-electron chi connectivity index (χ4n) is 3.24. The highest BCUT2D eigenvalue weighted by molar-refractivity contribution is 7.99. The third-order valence-corrected chi connectivity index (χ3v) is 9.69. The van der Waals surface area contributed by atoms with Crippen LogP contribution in [-0.4, -0.2) is 30.8 Å². The maximum atomic E-state index is 7.60. The molecule has 3 nitrogen and oxygen atoms in total. The molecule has 0 aliphatic rings. The van der Waals surface area contributed by atoms with E-state index in [0.29, 0.717) is 0 Å². The Kier molecular flexibility index (Phi) is 9.95. The number of nitrogens with zero attached hydrogens (tertiary/aromatic N) is 3. The van der Waals surface area contributed by atoms with E-state index < -0.39 is 7.07 Å². The van der Waals surface area contributed by atoms with E-state index in [1.165, 1.54) is 11.4 Å². The van der Waals surface area contributed by atoms with Crippen molar-refractivity contribution in [2.75, 3.05) is 35.5 Å². The summed E-state index contributed by atoms with van der Waals surface area (Å²) >= 11 is 7.60. The fraction of sp³-hybridized carbons (Fsp3) is 0.400. The number of hydrogen-bond donors (Lipinski definition) is 0. The Bertz CT molecular complexity index is 578. The quantitative estimate of drug-likeness (QED) is 0.534. The lowest BCUT2D eigenvalue weighted by molar-refractivity contribution is -0.00000529. The SMILES string of the molecule is CCN(CC)[P+](Cl)(N(CC)c1ccccc1)N(CC)c1ccccc1.[Br-]. The van der Waals surface area contributed by atoms with E-state index in [0.717, 1.165) is 26.2 Å². The Morgan fingerprint density at radius 3 is 1.27 bits per heavy atom. The molecule has 0 saturated carbocycles. The number of anilines is 2. The summed E-state index contributed by atoms with van der Waals surface area (Å²) in [4.78, 5) is 0. The first-order valence-corrected chi connectivity index (χ1v) is 11.7. The average molecular weight is 459 g/mol. The first-order valence-electron chi connectivity index (χ1n) is 9.13. The van der Waals surface area contributed by atoms with Crippen molar-refractivity contribution in [1.82, 2.24) is 4.67 Å². The Labute approximate surface area is 175 Å². The molecule has 0 heterocycles. The van der Waals surface area contributed by atoms with Gasteiger partial charge in [-0.3, -0.25) is 0 Å². The molecule has 2 rings (SSSR count). The summed E-state index contributed by atoms with van der Waals surface area (Å²) in [6.45, 7) is 12.3. The normalized spacial score (nSPS) is 11.2. The van der Waals surface area contributed by atoms with E-state index in [-0.39, 0.29) is 17.0 Å². The summed E-state index contributed by atoms with van der Waals surface area (Å²) in [6.07, 6.45) is 0. The topological polar surface area (TPSA) is 9.72 Å². The molecule has 0 fully saturated rings. The molecule has 0 amide bonds. The van der Waals surface area contributed by atoms with Crippen LogP contribution in [0.4, 0.5) is 11.4 Å². The zero-order valence-corrected chi connectivity index (χ0v) is 19.4. The second kappa shape index (κ2) is 11.1. The van der Waals surface area contributed by atoms with Crippen LogP contribution < -0.4 is 26.3 Å². The highest BCUT2D eigenvalue weighted by Gasteiger charge is 2.55. The van der Waals surface area contributed by atoms with Gasteiger partial charge in [-0.15, -0.1) is 4.67 Å². The van der Waals surface area contributed by atoms with Crippen LogP contribution in [0.25, 0.3) is 0 Å². The van der Waals surface area contributed by atoms with Crippen LogP contribution in [-0.2, 0) is 0 Å². The van der Waals surface area contributed by atoms with Gasteiger partial charge in [-0.05, 0) is 52.0 Å². The number of halogens is 2. The second-order valence-corrected chi connectivity index (χ2v) is 9.62. The molecule has 0 saturated heterocycles. The molecule has 144 valence electrons. The van der Waals surface area contributed by atoms with Crippen molar-refractivity contribution >= 4 is 29.7 Å². The summed E-state index contributed by atoms with van der Waals surface area (Å²) in [5.74, 6) is 0. The van der Waals surface area contributed by atoms with E-state index in [4.69, 9.17) is 11.2 Å². The van der Waals surface area contributed by atoms with Crippen molar-refractivity contribution in [3.8, 4) is 0 Å². The molecule has 0 radical (unpaired) electrons. The molecule has 0 bridgehead atoms. The monoisotopic (exact) mass is 457 g/mol. The van der Waals surface area contributed by atoms with E-state index >= 15 is 0 Å². The minimum atomic E-state index is -2.27. The van der Waals surface area contributed by atoms with Gasteiger partial charge in [-0.1, -0.05) is 36.4 Å².